The number of thioether (sulfide) groups is 1. The zero-order valence-electron chi connectivity index (χ0n) is 17.0. The molecule has 4 aromatic rings. The van der Waals surface area contributed by atoms with Gasteiger partial charge in [0.05, 0.1) is 40.8 Å². The maximum absolute atomic E-state index is 13.0. The fourth-order valence-electron chi connectivity index (χ4n) is 3.19. The monoisotopic (exact) mass is 467 g/mol. The number of fused-ring (bicyclic) bond motifs is 2. The van der Waals surface area contributed by atoms with Crippen molar-refractivity contribution in [1.29, 1.82) is 5.26 Å². The minimum absolute atomic E-state index is 0.0193. The molecule has 0 fully saturated rings. The van der Waals surface area contributed by atoms with Crippen LogP contribution in [-0.2, 0) is 11.3 Å². The van der Waals surface area contributed by atoms with Gasteiger partial charge in [0, 0.05) is 12.1 Å². The lowest BCUT2D eigenvalue weighted by molar-refractivity contribution is 0.183. The maximum atomic E-state index is 13.0. The van der Waals surface area contributed by atoms with Gasteiger partial charge in [0.2, 0.25) is 0 Å². The molecule has 0 amide bonds. The lowest BCUT2D eigenvalue weighted by Gasteiger charge is -2.13. The Kier molecular flexibility index (Phi) is 6.46. The third kappa shape index (κ3) is 4.34. The van der Waals surface area contributed by atoms with Crippen molar-refractivity contribution in [1.82, 2.24) is 19.5 Å². The molecule has 0 spiro atoms. The zero-order valence-corrected chi connectivity index (χ0v) is 18.6. The molecule has 4 rings (SSSR count). The average Bonchev–Trinajstić information content (AvgIpc) is 3.21. The van der Waals surface area contributed by atoms with Crippen LogP contribution in [0.15, 0.2) is 58.2 Å². The second-order valence-electron chi connectivity index (χ2n) is 6.83. The largest absolute Gasteiger partial charge is 0.510 e. The Balaban J connectivity index is 1.70. The van der Waals surface area contributed by atoms with Gasteiger partial charge >= 0.3 is 0 Å². The van der Waals surface area contributed by atoms with Gasteiger partial charge in [-0.2, -0.15) is 5.26 Å². The van der Waals surface area contributed by atoms with Gasteiger partial charge in [-0.3, -0.25) is 9.36 Å². The summed E-state index contributed by atoms with van der Waals surface area (Å²) in [4.78, 5) is 25.0. The average molecular weight is 468 g/mol. The summed E-state index contributed by atoms with van der Waals surface area (Å²) >= 11 is 7.20. The van der Waals surface area contributed by atoms with E-state index in [0.717, 1.165) is 17.3 Å². The molecular weight excluding hydrogens is 450 g/mol. The maximum Gasteiger partial charge on any atom is 0.262 e. The summed E-state index contributed by atoms with van der Waals surface area (Å²) < 4.78 is 6.61. The van der Waals surface area contributed by atoms with Crippen molar-refractivity contribution >= 4 is 50.9 Å². The van der Waals surface area contributed by atoms with Crippen LogP contribution in [0.1, 0.15) is 5.82 Å². The van der Waals surface area contributed by atoms with Crippen LogP contribution in [0.2, 0.25) is 5.02 Å². The summed E-state index contributed by atoms with van der Waals surface area (Å²) in [5.74, 6) is 0.128. The van der Waals surface area contributed by atoms with Crippen molar-refractivity contribution in [2.45, 2.75) is 11.7 Å². The number of aromatic nitrogens is 4. The van der Waals surface area contributed by atoms with Gasteiger partial charge < -0.3 is 14.8 Å². The number of methoxy groups -OCH3 is 1. The van der Waals surface area contributed by atoms with E-state index in [0.29, 0.717) is 39.8 Å². The van der Waals surface area contributed by atoms with E-state index in [9.17, 15) is 15.2 Å². The van der Waals surface area contributed by atoms with Crippen molar-refractivity contribution in [3.8, 4) is 6.07 Å². The van der Waals surface area contributed by atoms with Gasteiger partial charge in [-0.15, -0.1) is 0 Å². The molecule has 0 bridgehead atoms. The summed E-state index contributed by atoms with van der Waals surface area (Å²) in [5, 5.41) is 21.6. The molecular formula is C22H18ClN5O3S. The highest BCUT2D eigenvalue weighted by atomic mass is 35.5. The zero-order chi connectivity index (χ0) is 22.7. The van der Waals surface area contributed by atoms with Crippen molar-refractivity contribution in [2.75, 3.05) is 19.5 Å². The Morgan fingerprint density at radius 2 is 2.09 bits per heavy atom. The first kappa shape index (κ1) is 21.9. The molecule has 0 saturated heterocycles. The number of hydrogen-bond acceptors (Lipinski definition) is 7. The number of benzene rings is 2. The minimum Gasteiger partial charge on any atom is -0.510 e. The van der Waals surface area contributed by atoms with E-state index in [1.54, 1.807) is 25.3 Å². The molecule has 0 saturated carbocycles. The summed E-state index contributed by atoms with van der Waals surface area (Å²) in [6.45, 7) is 0.612. The third-order valence-electron chi connectivity index (χ3n) is 4.77. The van der Waals surface area contributed by atoms with Gasteiger partial charge in [0.1, 0.15) is 17.4 Å². The molecule has 32 heavy (non-hydrogen) atoms. The quantitative estimate of drug-likeness (QED) is 0.181. The number of halogens is 1. The number of aromatic amines is 1. The van der Waals surface area contributed by atoms with Crippen molar-refractivity contribution < 1.29 is 9.84 Å². The van der Waals surface area contributed by atoms with Crippen LogP contribution in [0.4, 0.5) is 0 Å². The Labute approximate surface area is 192 Å². The van der Waals surface area contributed by atoms with Crippen molar-refractivity contribution in [3.63, 3.8) is 0 Å². The smallest absolute Gasteiger partial charge is 0.262 e. The van der Waals surface area contributed by atoms with Gasteiger partial charge in [-0.1, -0.05) is 35.5 Å². The van der Waals surface area contributed by atoms with E-state index in [1.807, 2.05) is 30.3 Å². The van der Waals surface area contributed by atoms with Crippen LogP contribution in [0.3, 0.4) is 0 Å². The number of aliphatic hydroxyl groups is 1. The van der Waals surface area contributed by atoms with E-state index in [4.69, 9.17) is 16.3 Å². The number of nitriles is 1. The Bertz CT molecular complexity index is 1400. The fourth-order valence-corrected chi connectivity index (χ4v) is 4.26. The number of H-pyrrole nitrogens is 1. The number of para-hydroxylation sites is 2. The molecule has 0 aliphatic rings. The molecule has 2 aromatic carbocycles. The normalized spacial score (nSPS) is 12.2. The lowest BCUT2D eigenvalue weighted by atomic mass is 10.2. The number of aliphatic hydroxyl groups excluding tert-OH is 1. The van der Waals surface area contributed by atoms with Crippen LogP contribution in [0.25, 0.3) is 27.5 Å². The van der Waals surface area contributed by atoms with Crippen molar-refractivity contribution in [2.24, 2.45) is 0 Å². The highest BCUT2D eigenvalue weighted by Crippen LogP contribution is 2.25. The second kappa shape index (κ2) is 9.44. The number of hydrogen-bond donors (Lipinski definition) is 2. The number of imidazole rings is 1. The molecule has 0 radical (unpaired) electrons. The predicted octanol–water partition coefficient (Wildman–Crippen LogP) is 4.16. The minimum atomic E-state index is -0.229. The molecule has 0 atom stereocenters. The van der Waals surface area contributed by atoms with Crippen LogP contribution < -0.4 is 5.56 Å². The van der Waals surface area contributed by atoms with Crippen LogP contribution in [-0.4, -0.2) is 44.1 Å². The van der Waals surface area contributed by atoms with Gasteiger partial charge in [0.25, 0.3) is 5.56 Å². The highest BCUT2D eigenvalue weighted by molar-refractivity contribution is 7.99. The van der Waals surface area contributed by atoms with E-state index in [-0.39, 0.29) is 28.5 Å². The van der Waals surface area contributed by atoms with Crippen LogP contribution in [0, 0.1) is 11.3 Å². The number of nitrogens with one attached hydrogen (secondary N) is 1. The summed E-state index contributed by atoms with van der Waals surface area (Å²) in [6.07, 6.45) is 0. The molecule has 0 unspecified atom stereocenters. The molecule has 2 heterocycles. The van der Waals surface area contributed by atoms with E-state index >= 15 is 0 Å². The first-order valence-electron chi connectivity index (χ1n) is 9.61. The number of nitrogens with zero attached hydrogens (tertiary/aromatic N) is 4. The second-order valence-corrected chi connectivity index (χ2v) is 8.21. The van der Waals surface area contributed by atoms with E-state index < -0.39 is 0 Å². The lowest BCUT2D eigenvalue weighted by Crippen LogP contribution is -2.25. The van der Waals surface area contributed by atoms with E-state index in [2.05, 4.69) is 15.0 Å². The number of allylic oxidation sites excluding steroid dienone is 1. The SMILES string of the molecule is COCCn1c(SC/C(O)=C(/C#N)c2nc3ccccc3[nH]2)nc2cc(Cl)ccc2c1=O. The number of rotatable bonds is 7. The topological polar surface area (TPSA) is 117 Å². The molecule has 0 aliphatic heterocycles. The molecule has 8 nitrogen and oxygen atoms in total. The molecule has 0 aliphatic carbocycles. The summed E-state index contributed by atoms with van der Waals surface area (Å²) in [6, 6.07) is 14.3. The predicted molar refractivity (Wildman–Crippen MR) is 125 cm³/mol. The fraction of sp³-hybridized carbons (Fsp3) is 0.182. The first-order valence-corrected chi connectivity index (χ1v) is 11.0. The molecule has 10 heteroatoms. The van der Waals surface area contributed by atoms with Crippen LogP contribution >= 0.6 is 23.4 Å². The molecule has 2 aromatic heterocycles. The van der Waals surface area contributed by atoms with E-state index in [1.165, 1.54) is 4.57 Å². The van der Waals surface area contributed by atoms with Crippen molar-refractivity contribution in [3.05, 3.63) is 69.4 Å². The third-order valence-corrected chi connectivity index (χ3v) is 5.99. The van der Waals surface area contributed by atoms with Gasteiger partial charge in [0.15, 0.2) is 11.0 Å². The van der Waals surface area contributed by atoms with Crippen LogP contribution in [0.5, 0.6) is 0 Å². The Hall–Kier alpha value is -3.32. The molecule has 162 valence electrons. The summed E-state index contributed by atoms with van der Waals surface area (Å²) in [5.41, 5.74) is 1.71. The standard InChI is InChI=1S/C22H18ClN5O3S/c1-31-9-8-28-21(30)14-7-6-13(23)10-18(14)27-22(28)32-12-19(29)15(11-24)20-25-16-4-2-3-5-17(16)26-20/h2-7,10,29H,8-9,12H2,1H3,(H,25,26)/b19-15+. The van der Waals surface area contributed by atoms with Gasteiger partial charge in [-0.05, 0) is 30.3 Å². The number of ether oxygens (including phenoxy) is 1. The Morgan fingerprint density at radius 1 is 1.28 bits per heavy atom. The molecule has 2 N–H and O–H groups in total. The highest BCUT2D eigenvalue weighted by Gasteiger charge is 2.16. The first-order chi connectivity index (χ1) is 15.5. The van der Waals surface area contributed by atoms with Gasteiger partial charge in [-0.25, -0.2) is 9.97 Å². The Morgan fingerprint density at radius 3 is 2.84 bits per heavy atom. The summed E-state index contributed by atoms with van der Waals surface area (Å²) in [7, 11) is 1.55.